The molecule has 0 aromatic heterocycles. The van der Waals surface area contributed by atoms with Crippen LogP contribution in [0, 0.1) is 12.8 Å². The molecular formula is C18H30N4. The Morgan fingerprint density at radius 2 is 1.86 bits per heavy atom. The third-order valence-electron chi connectivity index (χ3n) is 4.62. The van der Waals surface area contributed by atoms with Crippen molar-refractivity contribution in [1.82, 2.24) is 9.80 Å². The Kier molecular flexibility index (Phi) is 5.83. The molecular weight excluding hydrogens is 272 g/mol. The molecule has 0 spiro atoms. The van der Waals surface area contributed by atoms with Crippen LogP contribution < -0.4 is 5.73 Å². The van der Waals surface area contributed by atoms with Crippen LogP contribution in [0.4, 0.5) is 0 Å². The predicted molar refractivity (Wildman–Crippen MR) is 94.1 cm³/mol. The summed E-state index contributed by atoms with van der Waals surface area (Å²) in [6.07, 6.45) is 2.43. The van der Waals surface area contributed by atoms with Crippen LogP contribution in [0.15, 0.2) is 29.3 Å². The van der Waals surface area contributed by atoms with Gasteiger partial charge in [-0.15, -0.1) is 0 Å². The monoisotopic (exact) mass is 302 g/mol. The molecule has 4 nitrogen and oxygen atoms in total. The second-order valence-corrected chi connectivity index (χ2v) is 6.76. The number of guanidine groups is 1. The molecule has 1 atom stereocenters. The molecule has 1 aliphatic heterocycles. The maximum atomic E-state index is 6.20. The predicted octanol–water partition coefficient (Wildman–Crippen LogP) is 2.64. The van der Waals surface area contributed by atoms with E-state index in [1.807, 2.05) is 0 Å². The van der Waals surface area contributed by atoms with E-state index in [1.165, 1.54) is 24.0 Å². The second kappa shape index (κ2) is 7.63. The molecule has 1 aromatic rings. The fraction of sp³-hybridized carbons (Fsp3) is 0.611. The molecule has 1 unspecified atom stereocenters. The number of nitrogens with zero attached hydrogens (tertiary/aromatic N) is 3. The fourth-order valence-corrected chi connectivity index (χ4v) is 2.87. The Morgan fingerprint density at radius 3 is 2.41 bits per heavy atom. The molecule has 22 heavy (non-hydrogen) atoms. The fourth-order valence-electron chi connectivity index (χ4n) is 2.87. The number of hydrogen-bond acceptors (Lipinski definition) is 2. The van der Waals surface area contributed by atoms with Crippen molar-refractivity contribution in [3.63, 3.8) is 0 Å². The van der Waals surface area contributed by atoms with Gasteiger partial charge in [0.05, 0.1) is 12.6 Å². The van der Waals surface area contributed by atoms with Crippen LogP contribution in [0.3, 0.4) is 0 Å². The van der Waals surface area contributed by atoms with E-state index in [-0.39, 0.29) is 6.04 Å². The van der Waals surface area contributed by atoms with E-state index < -0.39 is 0 Å². The number of likely N-dealkylation sites (N-methyl/N-ethyl adjacent to an activating group) is 1. The summed E-state index contributed by atoms with van der Waals surface area (Å²) in [5.74, 6) is 1.51. The SMILES string of the molecule is Cc1ccc(C(CN=C(N)N2CCC(C)CC2)N(C)C)cc1. The number of likely N-dealkylation sites (tertiary alicyclic amines) is 1. The summed E-state index contributed by atoms with van der Waals surface area (Å²) in [4.78, 5) is 9.10. The smallest absolute Gasteiger partial charge is 0.191 e. The third kappa shape index (κ3) is 4.47. The molecule has 1 fully saturated rings. The first-order valence-electron chi connectivity index (χ1n) is 8.25. The summed E-state index contributed by atoms with van der Waals surface area (Å²) >= 11 is 0. The van der Waals surface area contributed by atoms with E-state index in [4.69, 9.17) is 5.73 Å². The van der Waals surface area contributed by atoms with Gasteiger partial charge in [0.25, 0.3) is 0 Å². The molecule has 0 aliphatic carbocycles. The molecule has 122 valence electrons. The van der Waals surface area contributed by atoms with Crippen molar-refractivity contribution in [2.45, 2.75) is 32.7 Å². The first kappa shape index (κ1) is 16.8. The number of aryl methyl sites for hydroxylation is 1. The molecule has 1 heterocycles. The van der Waals surface area contributed by atoms with E-state index >= 15 is 0 Å². The average Bonchev–Trinajstić information content (AvgIpc) is 2.49. The molecule has 0 radical (unpaired) electrons. The first-order valence-corrected chi connectivity index (χ1v) is 8.25. The Hall–Kier alpha value is -1.55. The van der Waals surface area contributed by atoms with E-state index in [2.05, 4.69) is 67.0 Å². The van der Waals surface area contributed by atoms with Crippen molar-refractivity contribution in [3.05, 3.63) is 35.4 Å². The first-order chi connectivity index (χ1) is 10.5. The lowest BCUT2D eigenvalue weighted by atomic mass is 10.00. The minimum atomic E-state index is 0.267. The zero-order valence-electron chi connectivity index (χ0n) is 14.4. The quantitative estimate of drug-likeness (QED) is 0.687. The van der Waals surface area contributed by atoms with Gasteiger partial charge in [-0.1, -0.05) is 36.8 Å². The molecule has 0 amide bonds. The molecule has 0 saturated carbocycles. The van der Waals surface area contributed by atoms with Gasteiger partial charge in [-0.2, -0.15) is 0 Å². The molecule has 1 saturated heterocycles. The highest BCUT2D eigenvalue weighted by molar-refractivity contribution is 5.78. The normalized spacial score (nSPS) is 18.8. The van der Waals surface area contributed by atoms with Gasteiger partial charge in [-0.05, 0) is 45.3 Å². The average molecular weight is 302 g/mol. The third-order valence-corrected chi connectivity index (χ3v) is 4.62. The van der Waals surface area contributed by atoms with Gasteiger partial charge in [0.2, 0.25) is 0 Å². The van der Waals surface area contributed by atoms with Gasteiger partial charge in [0, 0.05) is 13.1 Å². The summed E-state index contributed by atoms with van der Waals surface area (Å²) in [5, 5.41) is 0. The Balaban J connectivity index is 2.01. The molecule has 2 rings (SSSR count). The minimum Gasteiger partial charge on any atom is -0.370 e. The lowest BCUT2D eigenvalue weighted by molar-refractivity contribution is 0.274. The van der Waals surface area contributed by atoms with Gasteiger partial charge < -0.3 is 15.5 Å². The van der Waals surface area contributed by atoms with Gasteiger partial charge in [-0.25, -0.2) is 0 Å². The van der Waals surface area contributed by atoms with Gasteiger partial charge in [-0.3, -0.25) is 4.99 Å². The lowest BCUT2D eigenvalue weighted by Gasteiger charge is -2.31. The van der Waals surface area contributed by atoms with Crippen LogP contribution in [0.1, 0.15) is 36.9 Å². The van der Waals surface area contributed by atoms with Crippen LogP contribution in [0.5, 0.6) is 0 Å². The van der Waals surface area contributed by atoms with Crippen molar-refractivity contribution in [3.8, 4) is 0 Å². The topological polar surface area (TPSA) is 44.9 Å². The molecule has 2 N–H and O–H groups in total. The molecule has 1 aromatic carbocycles. The van der Waals surface area contributed by atoms with Gasteiger partial charge in [0.1, 0.15) is 0 Å². The molecule has 4 heteroatoms. The van der Waals surface area contributed by atoms with E-state index in [9.17, 15) is 0 Å². The molecule has 1 aliphatic rings. The van der Waals surface area contributed by atoms with Crippen LogP contribution in [0.2, 0.25) is 0 Å². The number of aliphatic imine (C=N–C) groups is 1. The molecule has 0 bridgehead atoms. The van der Waals surface area contributed by atoms with Crippen molar-refractivity contribution in [2.24, 2.45) is 16.6 Å². The number of hydrogen-bond donors (Lipinski definition) is 1. The van der Waals surface area contributed by atoms with Crippen molar-refractivity contribution in [1.29, 1.82) is 0 Å². The van der Waals surface area contributed by atoms with Crippen molar-refractivity contribution < 1.29 is 0 Å². The van der Waals surface area contributed by atoms with Crippen LogP contribution in [-0.2, 0) is 0 Å². The van der Waals surface area contributed by atoms with Crippen LogP contribution in [-0.4, -0.2) is 49.5 Å². The summed E-state index contributed by atoms with van der Waals surface area (Å²) in [5.41, 5.74) is 8.78. The highest BCUT2D eigenvalue weighted by Crippen LogP contribution is 2.20. The summed E-state index contributed by atoms with van der Waals surface area (Å²) in [6, 6.07) is 8.96. The van der Waals surface area contributed by atoms with Gasteiger partial charge >= 0.3 is 0 Å². The largest absolute Gasteiger partial charge is 0.370 e. The summed E-state index contributed by atoms with van der Waals surface area (Å²) in [6.45, 7) is 7.20. The minimum absolute atomic E-state index is 0.267. The van der Waals surface area contributed by atoms with E-state index in [1.54, 1.807) is 0 Å². The van der Waals surface area contributed by atoms with Crippen LogP contribution in [0.25, 0.3) is 0 Å². The Labute approximate surface area is 135 Å². The number of piperidine rings is 1. The van der Waals surface area contributed by atoms with Gasteiger partial charge in [0.15, 0.2) is 5.96 Å². The standard InChI is InChI=1S/C18H30N4/c1-14-5-7-16(8-6-14)17(21(3)4)13-20-18(19)22-11-9-15(2)10-12-22/h5-8,15,17H,9-13H2,1-4H3,(H2,19,20). The van der Waals surface area contributed by atoms with Crippen molar-refractivity contribution >= 4 is 5.96 Å². The highest BCUT2D eigenvalue weighted by atomic mass is 15.3. The highest BCUT2D eigenvalue weighted by Gasteiger charge is 2.18. The number of rotatable bonds is 4. The second-order valence-electron chi connectivity index (χ2n) is 6.76. The van der Waals surface area contributed by atoms with E-state index in [0.717, 1.165) is 19.0 Å². The number of nitrogens with two attached hydrogens (primary N) is 1. The summed E-state index contributed by atoms with van der Waals surface area (Å²) in [7, 11) is 4.19. The maximum Gasteiger partial charge on any atom is 0.191 e. The summed E-state index contributed by atoms with van der Waals surface area (Å²) < 4.78 is 0. The maximum absolute atomic E-state index is 6.20. The van der Waals surface area contributed by atoms with Crippen LogP contribution >= 0.6 is 0 Å². The lowest BCUT2D eigenvalue weighted by Crippen LogP contribution is -2.43. The zero-order chi connectivity index (χ0) is 16.1. The van der Waals surface area contributed by atoms with E-state index in [0.29, 0.717) is 12.5 Å². The van der Waals surface area contributed by atoms with Crippen molar-refractivity contribution in [2.75, 3.05) is 33.7 Å². The zero-order valence-corrected chi connectivity index (χ0v) is 14.4. The Morgan fingerprint density at radius 1 is 1.27 bits per heavy atom. The Bertz CT molecular complexity index is 484. The number of benzene rings is 1.